The van der Waals surface area contributed by atoms with Gasteiger partial charge in [-0.25, -0.2) is 0 Å². The van der Waals surface area contributed by atoms with Gasteiger partial charge in [-0.1, -0.05) is 55.8 Å². The zero-order valence-electron chi connectivity index (χ0n) is 15.1. The lowest BCUT2D eigenvalue weighted by Crippen LogP contribution is -2.42. The zero-order valence-corrected chi connectivity index (χ0v) is 15.1. The maximum atomic E-state index is 11.7. The van der Waals surface area contributed by atoms with Crippen molar-refractivity contribution in [2.24, 2.45) is 0 Å². The standard InChI is InChI=1S/C22H29NO2/c1-2-22(25,19-11-13-20(24)14-12-19)21(18-9-5-3-6-10-18)17-23-15-7-4-8-16-23/h3,5-6,9-14,21,24-25H,2,4,7-8,15-17H2,1H3/t21-,22+/m1/s1. The van der Waals surface area contributed by atoms with Crippen LogP contribution in [0.4, 0.5) is 0 Å². The van der Waals surface area contributed by atoms with Crippen molar-refractivity contribution < 1.29 is 10.2 Å². The first-order valence-electron chi connectivity index (χ1n) is 9.42. The van der Waals surface area contributed by atoms with E-state index in [1.54, 1.807) is 12.1 Å². The van der Waals surface area contributed by atoms with E-state index in [1.165, 1.54) is 24.8 Å². The lowest BCUT2D eigenvalue weighted by molar-refractivity contribution is -0.0105. The van der Waals surface area contributed by atoms with Gasteiger partial charge in [0.25, 0.3) is 0 Å². The summed E-state index contributed by atoms with van der Waals surface area (Å²) in [6.07, 6.45) is 4.42. The van der Waals surface area contributed by atoms with Gasteiger partial charge in [-0.05, 0) is 55.6 Å². The van der Waals surface area contributed by atoms with Crippen molar-refractivity contribution >= 4 is 0 Å². The van der Waals surface area contributed by atoms with Crippen LogP contribution in [0.15, 0.2) is 54.6 Å². The van der Waals surface area contributed by atoms with Gasteiger partial charge in [-0.2, -0.15) is 0 Å². The number of phenols is 1. The maximum absolute atomic E-state index is 11.7. The molecule has 1 aliphatic rings. The van der Waals surface area contributed by atoms with Gasteiger partial charge in [0, 0.05) is 12.5 Å². The molecule has 1 heterocycles. The summed E-state index contributed by atoms with van der Waals surface area (Å²) >= 11 is 0. The van der Waals surface area contributed by atoms with Gasteiger partial charge in [-0.3, -0.25) is 0 Å². The number of hydrogen-bond donors (Lipinski definition) is 2. The molecule has 2 atom stereocenters. The second-order valence-electron chi connectivity index (χ2n) is 7.15. The van der Waals surface area contributed by atoms with Crippen molar-refractivity contribution in [2.45, 2.75) is 44.1 Å². The van der Waals surface area contributed by atoms with Crippen LogP contribution in [0, 0.1) is 0 Å². The Balaban J connectivity index is 1.96. The quantitative estimate of drug-likeness (QED) is 0.826. The highest BCUT2D eigenvalue weighted by molar-refractivity contribution is 5.35. The number of likely N-dealkylation sites (tertiary alicyclic amines) is 1. The zero-order chi connectivity index (χ0) is 17.7. The molecule has 2 N–H and O–H groups in total. The number of nitrogens with zero attached hydrogens (tertiary/aromatic N) is 1. The highest BCUT2D eigenvalue weighted by Gasteiger charge is 2.39. The van der Waals surface area contributed by atoms with Crippen LogP contribution in [-0.2, 0) is 5.60 Å². The van der Waals surface area contributed by atoms with E-state index in [0.29, 0.717) is 6.42 Å². The average Bonchev–Trinajstić information content (AvgIpc) is 2.67. The summed E-state index contributed by atoms with van der Waals surface area (Å²) in [4.78, 5) is 2.49. The predicted molar refractivity (Wildman–Crippen MR) is 102 cm³/mol. The first kappa shape index (κ1) is 18.0. The van der Waals surface area contributed by atoms with Crippen molar-refractivity contribution in [2.75, 3.05) is 19.6 Å². The molecule has 134 valence electrons. The van der Waals surface area contributed by atoms with E-state index in [4.69, 9.17) is 0 Å². The molecule has 1 saturated heterocycles. The Morgan fingerprint density at radius 1 is 0.960 bits per heavy atom. The molecule has 3 heteroatoms. The number of benzene rings is 2. The molecule has 0 radical (unpaired) electrons. The van der Waals surface area contributed by atoms with E-state index < -0.39 is 5.60 Å². The van der Waals surface area contributed by atoms with Crippen molar-refractivity contribution in [3.63, 3.8) is 0 Å². The summed E-state index contributed by atoms with van der Waals surface area (Å²) in [5.41, 5.74) is 1.09. The van der Waals surface area contributed by atoms with Crippen molar-refractivity contribution in [3.05, 3.63) is 65.7 Å². The molecular formula is C22H29NO2. The van der Waals surface area contributed by atoms with Gasteiger partial charge in [0.1, 0.15) is 5.75 Å². The van der Waals surface area contributed by atoms with Crippen LogP contribution in [-0.4, -0.2) is 34.7 Å². The fraction of sp³-hybridized carbons (Fsp3) is 0.455. The van der Waals surface area contributed by atoms with E-state index in [9.17, 15) is 10.2 Å². The van der Waals surface area contributed by atoms with Gasteiger partial charge >= 0.3 is 0 Å². The van der Waals surface area contributed by atoms with Crippen molar-refractivity contribution in [3.8, 4) is 5.75 Å². The molecule has 0 amide bonds. The normalized spacial score (nSPS) is 19.3. The second-order valence-corrected chi connectivity index (χ2v) is 7.15. The molecule has 0 aliphatic carbocycles. The minimum atomic E-state index is -0.952. The minimum absolute atomic E-state index is 0.00124. The molecular weight excluding hydrogens is 310 g/mol. The van der Waals surface area contributed by atoms with E-state index in [0.717, 1.165) is 25.2 Å². The summed E-state index contributed by atoms with van der Waals surface area (Å²) in [7, 11) is 0. The average molecular weight is 339 g/mol. The van der Waals surface area contributed by atoms with E-state index in [1.807, 2.05) is 37.3 Å². The number of hydrogen-bond acceptors (Lipinski definition) is 3. The van der Waals surface area contributed by atoms with Crippen LogP contribution in [0.2, 0.25) is 0 Å². The lowest BCUT2D eigenvalue weighted by atomic mass is 9.75. The summed E-state index contributed by atoms with van der Waals surface area (Å²) < 4.78 is 0. The van der Waals surface area contributed by atoms with Gasteiger partial charge in [0.15, 0.2) is 0 Å². The minimum Gasteiger partial charge on any atom is -0.508 e. The number of aliphatic hydroxyl groups is 1. The summed E-state index contributed by atoms with van der Waals surface area (Å²) in [5, 5.41) is 21.3. The van der Waals surface area contributed by atoms with Crippen LogP contribution in [0.5, 0.6) is 5.75 Å². The Kier molecular flexibility index (Phi) is 5.77. The molecule has 1 fully saturated rings. The SMILES string of the molecule is CC[C@](O)(c1ccc(O)cc1)[C@H](CN1CCCCC1)c1ccccc1. The van der Waals surface area contributed by atoms with Crippen molar-refractivity contribution in [1.29, 1.82) is 0 Å². The fourth-order valence-corrected chi connectivity index (χ4v) is 4.02. The second kappa shape index (κ2) is 8.03. The first-order chi connectivity index (χ1) is 12.1. The predicted octanol–water partition coefficient (Wildman–Crippen LogP) is 4.26. The molecule has 0 aromatic heterocycles. The third-order valence-electron chi connectivity index (χ3n) is 5.57. The molecule has 25 heavy (non-hydrogen) atoms. The largest absolute Gasteiger partial charge is 0.508 e. The number of piperidine rings is 1. The number of aromatic hydroxyl groups is 1. The Bertz CT molecular complexity index is 649. The molecule has 0 unspecified atom stereocenters. The Morgan fingerprint density at radius 3 is 2.20 bits per heavy atom. The monoisotopic (exact) mass is 339 g/mol. The molecule has 1 aliphatic heterocycles. The maximum Gasteiger partial charge on any atom is 0.115 e. The smallest absolute Gasteiger partial charge is 0.115 e. The third-order valence-corrected chi connectivity index (χ3v) is 5.57. The highest BCUT2D eigenvalue weighted by atomic mass is 16.3. The van der Waals surface area contributed by atoms with Crippen LogP contribution in [0.25, 0.3) is 0 Å². The van der Waals surface area contributed by atoms with Crippen LogP contribution in [0.1, 0.15) is 49.7 Å². The molecule has 0 saturated carbocycles. The van der Waals surface area contributed by atoms with E-state index in [2.05, 4.69) is 17.0 Å². The Morgan fingerprint density at radius 2 is 1.60 bits per heavy atom. The molecule has 2 aromatic rings. The highest BCUT2D eigenvalue weighted by Crippen LogP contribution is 2.41. The first-order valence-corrected chi connectivity index (χ1v) is 9.42. The topological polar surface area (TPSA) is 43.7 Å². The molecule has 0 bridgehead atoms. The molecule has 3 nitrogen and oxygen atoms in total. The molecule has 2 aromatic carbocycles. The Hall–Kier alpha value is -1.84. The lowest BCUT2D eigenvalue weighted by Gasteiger charge is -2.40. The van der Waals surface area contributed by atoms with Gasteiger partial charge < -0.3 is 15.1 Å². The molecule has 3 rings (SSSR count). The number of phenolic OH excluding ortho intramolecular Hbond substituents is 1. The van der Waals surface area contributed by atoms with Crippen LogP contribution in [0.3, 0.4) is 0 Å². The van der Waals surface area contributed by atoms with Crippen molar-refractivity contribution in [1.82, 2.24) is 4.90 Å². The summed E-state index contributed by atoms with van der Waals surface area (Å²) in [6.45, 7) is 5.12. The summed E-state index contributed by atoms with van der Waals surface area (Å²) in [6, 6.07) is 17.4. The molecule has 0 spiro atoms. The van der Waals surface area contributed by atoms with Crippen LogP contribution < -0.4 is 0 Å². The van der Waals surface area contributed by atoms with Crippen LogP contribution >= 0.6 is 0 Å². The van der Waals surface area contributed by atoms with E-state index in [-0.39, 0.29) is 11.7 Å². The Labute approximate surface area is 150 Å². The van der Waals surface area contributed by atoms with Gasteiger partial charge in [0.2, 0.25) is 0 Å². The van der Waals surface area contributed by atoms with Gasteiger partial charge in [0.05, 0.1) is 5.60 Å². The van der Waals surface area contributed by atoms with E-state index >= 15 is 0 Å². The van der Waals surface area contributed by atoms with Gasteiger partial charge in [-0.15, -0.1) is 0 Å². The third kappa shape index (κ3) is 4.05. The fourth-order valence-electron chi connectivity index (χ4n) is 4.02. The number of rotatable bonds is 6. The summed E-state index contributed by atoms with van der Waals surface area (Å²) in [5.74, 6) is 0.232.